The second-order valence-corrected chi connectivity index (χ2v) is 6.13. The average Bonchev–Trinajstić information content (AvgIpc) is 2.97. The smallest absolute Gasteiger partial charge is 0.242 e. The standard InChI is InChI=1S/C17H24N2O3/c1-12-9-14(13-3-5-15(21-2)6-4-13)10-19(12)17(20)16-11-22-8-7-18-16/h3-6,12,14,16,18H,7-11H2,1-2H3/t12-,14-,16-/m1/s1. The van der Waals surface area contributed by atoms with Crippen molar-refractivity contribution in [2.45, 2.75) is 31.3 Å². The third-order valence-electron chi connectivity index (χ3n) is 4.66. The summed E-state index contributed by atoms with van der Waals surface area (Å²) in [5.41, 5.74) is 1.27. The average molecular weight is 304 g/mol. The van der Waals surface area contributed by atoms with Gasteiger partial charge in [-0.2, -0.15) is 0 Å². The Morgan fingerprint density at radius 2 is 2.14 bits per heavy atom. The van der Waals surface area contributed by atoms with E-state index in [1.165, 1.54) is 5.56 Å². The normalized spacial score (nSPS) is 28.6. The zero-order valence-electron chi connectivity index (χ0n) is 13.2. The molecule has 120 valence electrons. The highest BCUT2D eigenvalue weighted by Gasteiger charge is 2.36. The largest absolute Gasteiger partial charge is 0.497 e. The number of hydrogen-bond donors (Lipinski definition) is 1. The molecule has 5 heteroatoms. The quantitative estimate of drug-likeness (QED) is 0.917. The van der Waals surface area contributed by atoms with E-state index in [2.05, 4.69) is 24.4 Å². The molecule has 3 atom stereocenters. The molecule has 0 bridgehead atoms. The second kappa shape index (κ2) is 6.67. The summed E-state index contributed by atoms with van der Waals surface area (Å²) >= 11 is 0. The predicted octanol–water partition coefficient (Wildman–Crippen LogP) is 1.39. The van der Waals surface area contributed by atoms with Gasteiger partial charge in [0.25, 0.3) is 0 Å². The summed E-state index contributed by atoms with van der Waals surface area (Å²) < 4.78 is 10.6. The summed E-state index contributed by atoms with van der Waals surface area (Å²) in [6.45, 7) is 4.83. The van der Waals surface area contributed by atoms with E-state index in [9.17, 15) is 4.79 Å². The molecule has 22 heavy (non-hydrogen) atoms. The minimum absolute atomic E-state index is 0.170. The van der Waals surface area contributed by atoms with Gasteiger partial charge in [-0.25, -0.2) is 0 Å². The van der Waals surface area contributed by atoms with Crippen LogP contribution in [0, 0.1) is 0 Å². The van der Waals surface area contributed by atoms with Gasteiger partial charge in [0.05, 0.1) is 20.3 Å². The molecule has 0 unspecified atom stereocenters. The van der Waals surface area contributed by atoms with Crippen molar-refractivity contribution in [1.29, 1.82) is 0 Å². The fourth-order valence-corrected chi connectivity index (χ4v) is 3.38. The molecule has 0 aliphatic carbocycles. The molecule has 0 spiro atoms. The van der Waals surface area contributed by atoms with E-state index in [1.807, 2.05) is 17.0 Å². The van der Waals surface area contributed by atoms with E-state index >= 15 is 0 Å². The summed E-state index contributed by atoms with van der Waals surface area (Å²) in [4.78, 5) is 14.7. The number of carbonyl (C=O) groups is 1. The Morgan fingerprint density at radius 1 is 1.36 bits per heavy atom. The highest BCUT2D eigenvalue weighted by molar-refractivity contribution is 5.82. The number of rotatable bonds is 3. The van der Waals surface area contributed by atoms with Gasteiger partial charge >= 0.3 is 0 Å². The third-order valence-corrected chi connectivity index (χ3v) is 4.66. The minimum Gasteiger partial charge on any atom is -0.497 e. The summed E-state index contributed by atoms with van der Waals surface area (Å²) in [7, 11) is 1.67. The number of carbonyl (C=O) groups excluding carboxylic acids is 1. The van der Waals surface area contributed by atoms with Crippen LogP contribution in [0.4, 0.5) is 0 Å². The highest BCUT2D eigenvalue weighted by Crippen LogP contribution is 2.32. The minimum atomic E-state index is -0.189. The number of methoxy groups -OCH3 is 1. The van der Waals surface area contributed by atoms with Crippen LogP contribution in [-0.4, -0.2) is 56.3 Å². The molecule has 2 heterocycles. The van der Waals surface area contributed by atoms with Crippen LogP contribution < -0.4 is 10.1 Å². The van der Waals surface area contributed by atoms with Gasteiger partial charge in [0.2, 0.25) is 5.91 Å². The first-order valence-electron chi connectivity index (χ1n) is 7.94. The monoisotopic (exact) mass is 304 g/mol. The molecule has 3 rings (SSSR count). The Kier molecular flexibility index (Phi) is 4.64. The fourth-order valence-electron chi connectivity index (χ4n) is 3.38. The molecule has 5 nitrogen and oxygen atoms in total. The Labute approximate surface area is 131 Å². The first-order chi connectivity index (χ1) is 10.7. The number of nitrogens with zero attached hydrogens (tertiary/aromatic N) is 1. The van der Waals surface area contributed by atoms with Gasteiger partial charge in [-0.05, 0) is 31.0 Å². The zero-order valence-corrected chi connectivity index (χ0v) is 13.2. The Morgan fingerprint density at radius 3 is 2.77 bits per heavy atom. The molecule has 0 aromatic heterocycles. The number of morpholine rings is 1. The van der Waals surface area contributed by atoms with Crippen LogP contribution >= 0.6 is 0 Å². The van der Waals surface area contributed by atoms with Crippen molar-refractivity contribution in [1.82, 2.24) is 10.2 Å². The molecule has 2 fully saturated rings. The van der Waals surface area contributed by atoms with Gasteiger partial charge in [-0.1, -0.05) is 12.1 Å². The number of ether oxygens (including phenoxy) is 2. The molecule has 1 amide bonds. The van der Waals surface area contributed by atoms with Gasteiger partial charge in [0.1, 0.15) is 11.8 Å². The van der Waals surface area contributed by atoms with Crippen LogP contribution in [0.1, 0.15) is 24.8 Å². The Bertz CT molecular complexity index is 511. The molecule has 2 aliphatic rings. The van der Waals surface area contributed by atoms with Crippen molar-refractivity contribution in [3.05, 3.63) is 29.8 Å². The maximum Gasteiger partial charge on any atom is 0.242 e. The maximum atomic E-state index is 12.7. The molecule has 2 saturated heterocycles. The van der Waals surface area contributed by atoms with E-state index in [0.717, 1.165) is 25.3 Å². The number of amides is 1. The first kappa shape index (κ1) is 15.3. The van der Waals surface area contributed by atoms with Gasteiger partial charge < -0.3 is 19.7 Å². The highest BCUT2D eigenvalue weighted by atomic mass is 16.5. The van der Waals surface area contributed by atoms with E-state index in [1.54, 1.807) is 7.11 Å². The molecule has 2 aliphatic heterocycles. The summed E-state index contributed by atoms with van der Waals surface area (Å²) in [6.07, 6.45) is 1.01. The van der Waals surface area contributed by atoms with Gasteiger partial charge in [0.15, 0.2) is 0 Å². The number of hydrogen-bond acceptors (Lipinski definition) is 4. The first-order valence-corrected chi connectivity index (χ1v) is 7.94. The lowest BCUT2D eigenvalue weighted by Gasteiger charge is -2.29. The van der Waals surface area contributed by atoms with Crippen molar-refractivity contribution >= 4 is 5.91 Å². The molecular weight excluding hydrogens is 280 g/mol. The lowest BCUT2D eigenvalue weighted by atomic mass is 9.97. The van der Waals surface area contributed by atoms with Crippen molar-refractivity contribution in [2.75, 3.05) is 33.4 Å². The molecule has 1 N–H and O–H groups in total. The summed E-state index contributed by atoms with van der Waals surface area (Å²) in [5.74, 6) is 1.43. The Hall–Kier alpha value is -1.59. The fraction of sp³-hybridized carbons (Fsp3) is 0.588. The zero-order chi connectivity index (χ0) is 15.5. The van der Waals surface area contributed by atoms with Gasteiger partial charge in [0, 0.05) is 25.0 Å². The van der Waals surface area contributed by atoms with Crippen molar-refractivity contribution < 1.29 is 14.3 Å². The lowest BCUT2D eigenvalue weighted by Crippen LogP contribution is -2.53. The molecule has 0 saturated carbocycles. The van der Waals surface area contributed by atoms with Crippen LogP contribution in [0.5, 0.6) is 5.75 Å². The molecule has 1 aromatic carbocycles. The van der Waals surface area contributed by atoms with Gasteiger partial charge in [-0.15, -0.1) is 0 Å². The molecule has 1 aromatic rings. The topological polar surface area (TPSA) is 50.8 Å². The van der Waals surface area contributed by atoms with Gasteiger partial charge in [-0.3, -0.25) is 4.79 Å². The van der Waals surface area contributed by atoms with Crippen molar-refractivity contribution in [2.24, 2.45) is 0 Å². The maximum absolute atomic E-state index is 12.7. The van der Waals surface area contributed by atoms with Crippen LogP contribution in [0.25, 0.3) is 0 Å². The number of likely N-dealkylation sites (tertiary alicyclic amines) is 1. The third kappa shape index (κ3) is 3.10. The predicted molar refractivity (Wildman–Crippen MR) is 84.1 cm³/mol. The lowest BCUT2D eigenvalue weighted by molar-refractivity contribution is -0.136. The summed E-state index contributed by atoms with van der Waals surface area (Å²) in [6, 6.07) is 8.26. The molecular formula is C17H24N2O3. The van der Waals surface area contributed by atoms with E-state index in [0.29, 0.717) is 19.1 Å². The number of nitrogens with one attached hydrogen (secondary N) is 1. The SMILES string of the molecule is COc1ccc([C@@H]2C[C@@H](C)N(C(=O)[C@H]3COCCN3)C2)cc1. The molecule has 0 radical (unpaired) electrons. The summed E-state index contributed by atoms with van der Waals surface area (Å²) in [5, 5.41) is 3.25. The van der Waals surface area contributed by atoms with Crippen LogP contribution in [-0.2, 0) is 9.53 Å². The number of benzene rings is 1. The van der Waals surface area contributed by atoms with E-state index < -0.39 is 0 Å². The van der Waals surface area contributed by atoms with Crippen LogP contribution in [0.2, 0.25) is 0 Å². The van der Waals surface area contributed by atoms with Crippen molar-refractivity contribution in [3.8, 4) is 5.75 Å². The Balaban J connectivity index is 1.66. The van der Waals surface area contributed by atoms with E-state index in [-0.39, 0.29) is 18.0 Å². The van der Waals surface area contributed by atoms with Crippen LogP contribution in [0.3, 0.4) is 0 Å². The van der Waals surface area contributed by atoms with Crippen LogP contribution in [0.15, 0.2) is 24.3 Å². The van der Waals surface area contributed by atoms with Crippen molar-refractivity contribution in [3.63, 3.8) is 0 Å². The second-order valence-electron chi connectivity index (χ2n) is 6.13. The van der Waals surface area contributed by atoms with E-state index in [4.69, 9.17) is 9.47 Å².